The second-order valence-electron chi connectivity index (χ2n) is 6.06. The van der Waals surface area contributed by atoms with Crippen molar-refractivity contribution in [3.63, 3.8) is 0 Å². The van der Waals surface area contributed by atoms with Crippen molar-refractivity contribution in [1.29, 1.82) is 0 Å². The summed E-state index contributed by atoms with van der Waals surface area (Å²) in [7, 11) is 0. The molecular weight excluding hydrogens is 366 g/mol. The first-order chi connectivity index (χ1) is 12.6. The first-order valence-electron chi connectivity index (χ1n) is 8.05. The molecule has 1 rings (SSSR count). The highest BCUT2D eigenvalue weighted by Crippen LogP contribution is 2.24. The molecule has 1 aliphatic rings. The van der Waals surface area contributed by atoms with Gasteiger partial charge in [-0.05, 0) is 6.42 Å². The molecule has 1 aliphatic heterocycles. The van der Waals surface area contributed by atoms with Crippen molar-refractivity contribution >= 4 is 35.5 Å². The zero-order chi connectivity index (χ0) is 20.7. The van der Waals surface area contributed by atoms with E-state index in [-0.39, 0.29) is 19.4 Å². The Morgan fingerprint density at radius 1 is 1.15 bits per heavy atom. The average molecular weight is 387 g/mol. The maximum atomic E-state index is 12.6. The van der Waals surface area contributed by atoms with Gasteiger partial charge in [-0.3, -0.25) is 24.0 Å². The smallest absolute Gasteiger partial charge is 0.327 e. The average Bonchev–Trinajstić information content (AvgIpc) is 2.96. The minimum atomic E-state index is -1.62. The van der Waals surface area contributed by atoms with Gasteiger partial charge in [0.05, 0.1) is 19.0 Å². The number of nitrogens with zero attached hydrogens (tertiary/aromatic N) is 1. The molecule has 6 N–H and O–H groups in total. The summed E-state index contributed by atoms with van der Waals surface area (Å²) in [5.41, 5.74) is 5.17. The minimum absolute atomic E-state index is 0.220. The van der Waals surface area contributed by atoms with E-state index in [9.17, 15) is 28.8 Å². The Hall–Kier alpha value is -3.02. The molecule has 0 aliphatic carbocycles. The Morgan fingerprint density at radius 2 is 1.78 bits per heavy atom. The van der Waals surface area contributed by atoms with Crippen molar-refractivity contribution in [2.75, 3.05) is 13.1 Å². The number of Topliss-reactive ketones (excluding diaryl/α,β-unsaturated/α-hetero) is 1. The molecule has 2 amide bonds. The number of aliphatic carboxylic acids is 3. The number of carbonyl (C=O) groups is 6. The van der Waals surface area contributed by atoms with E-state index in [1.54, 1.807) is 0 Å². The van der Waals surface area contributed by atoms with Crippen LogP contribution in [0.5, 0.6) is 0 Å². The molecule has 1 heterocycles. The zero-order valence-electron chi connectivity index (χ0n) is 14.3. The quantitative estimate of drug-likeness (QED) is 0.255. The van der Waals surface area contributed by atoms with Gasteiger partial charge < -0.3 is 31.3 Å². The monoisotopic (exact) mass is 387 g/mol. The number of amides is 2. The number of rotatable bonds is 11. The molecule has 27 heavy (non-hydrogen) atoms. The van der Waals surface area contributed by atoms with Crippen LogP contribution in [0.1, 0.15) is 25.7 Å². The summed E-state index contributed by atoms with van der Waals surface area (Å²) in [6, 6.07) is -2.82. The number of hydrogen-bond acceptors (Lipinski definition) is 7. The van der Waals surface area contributed by atoms with E-state index in [0.717, 1.165) is 4.90 Å². The summed E-state index contributed by atoms with van der Waals surface area (Å²) >= 11 is 0. The Labute approximate surface area is 153 Å². The fraction of sp³-hybridized carbons (Fsp3) is 0.600. The lowest BCUT2D eigenvalue weighted by Crippen LogP contribution is -2.47. The number of ketones is 1. The molecular formula is C15H21N3O9. The van der Waals surface area contributed by atoms with Gasteiger partial charge in [-0.2, -0.15) is 0 Å². The van der Waals surface area contributed by atoms with Crippen LogP contribution >= 0.6 is 0 Å². The molecule has 0 aromatic carbocycles. The summed E-state index contributed by atoms with van der Waals surface area (Å²) in [5.74, 6) is -7.14. The molecule has 12 heteroatoms. The van der Waals surface area contributed by atoms with Crippen molar-refractivity contribution in [2.24, 2.45) is 11.7 Å². The predicted octanol–water partition coefficient (Wildman–Crippen LogP) is -2.36. The van der Waals surface area contributed by atoms with Gasteiger partial charge >= 0.3 is 17.9 Å². The molecule has 0 saturated carbocycles. The van der Waals surface area contributed by atoms with E-state index in [1.807, 2.05) is 0 Å². The molecule has 1 saturated heterocycles. The summed E-state index contributed by atoms with van der Waals surface area (Å²) in [6.45, 7) is -0.754. The van der Waals surface area contributed by atoms with Crippen LogP contribution in [0, 0.1) is 5.92 Å². The maximum absolute atomic E-state index is 12.6. The molecule has 0 unspecified atom stereocenters. The van der Waals surface area contributed by atoms with Crippen molar-refractivity contribution in [1.82, 2.24) is 10.2 Å². The van der Waals surface area contributed by atoms with Crippen LogP contribution in [-0.4, -0.2) is 80.9 Å². The number of carbonyl (C=O) groups excluding carboxylic acids is 3. The van der Waals surface area contributed by atoms with E-state index in [1.165, 1.54) is 0 Å². The highest BCUT2D eigenvalue weighted by atomic mass is 16.4. The topological polar surface area (TPSA) is 204 Å². The van der Waals surface area contributed by atoms with Crippen molar-refractivity contribution in [3.8, 4) is 0 Å². The Balaban J connectivity index is 2.92. The highest BCUT2D eigenvalue weighted by Gasteiger charge is 2.43. The SMILES string of the molecule is NCC(=O)N[C@@H](CCC(=O)O)C(=O)[C@H]1CC(=O)N([C@@H](CC(=O)O)C(=O)O)C1. The summed E-state index contributed by atoms with van der Waals surface area (Å²) in [4.78, 5) is 69.8. The molecule has 0 aromatic rings. The summed E-state index contributed by atoms with van der Waals surface area (Å²) in [6.07, 6.45) is -1.82. The van der Waals surface area contributed by atoms with Gasteiger partial charge in [-0.15, -0.1) is 0 Å². The van der Waals surface area contributed by atoms with E-state index in [2.05, 4.69) is 5.32 Å². The normalized spacial score (nSPS) is 18.6. The Kier molecular flexibility index (Phi) is 7.84. The second kappa shape index (κ2) is 9.62. The number of likely N-dealkylation sites (tertiary alicyclic amines) is 1. The van der Waals surface area contributed by atoms with Crippen LogP contribution in [0.25, 0.3) is 0 Å². The summed E-state index contributed by atoms with van der Waals surface area (Å²) < 4.78 is 0. The largest absolute Gasteiger partial charge is 0.481 e. The van der Waals surface area contributed by atoms with Gasteiger partial charge in [0.15, 0.2) is 5.78 Å². The third-order valence-electron chi connectivity index (χ3n) is 4.10. The van der Waals surface area contributed by atoms with Gasteiger partial charge in [-0.1, -0.05) is 0 Å². The van der Waals surface area contributed by atoms with Crippen molar-refractivity contribution in [3.05, 3.63) is 0 Å². The lowest BCUT2D eigenvalue weighted by Gasteiger charge is -2.24. The lowest BCUT2D eigenvalue weighted by molar-refractivity contribution is -0.153. The van der Waals surface area contributed by atoms with Crippen LogP contribution in [0.3, 0.4) is 0 Å². The fourth-order valence-corrected chi connectivity index (χ4v) is 2.81. The third kappa shape index (κ3) is 6.33. The van der Waals surface area contributed by atoms with Gasteiger partial charge in [0, 0.05) is 25.3 Å². The fourth-order valence-electron chi connectivity index (χ4n) is 2.81. The standard InChI is InChI=1S/C15H21N3O9/c16-5-10(19)17-8(1-2-12(21)22)14(25)7-3-11(20)18(6-7)9(15(26)27)4-13(23)24/h7-9H,1-6,16H2,(H,17,19)(H,21,22)(H,23,24)(H,26,27)/t7-,8-,9-/m0/s1. The molecule has 150 valence electrons. The number of nitrogens with two attached hydrogens (primary N) is 1. The van der Waals surface area contributed by atoms with E-state index >= 15 is 0 Å². The number of carboxylic acid groups (broad SMARTS) is 3. The minimum Gasteiger partial charge on any atom is -0.481 e. The van der Waals surface area contributed by atoms with E-state index < -0.39 is 72.9 Å². The third-order valence-corrected chi connectivity index (χ3v) is 4.10. The second-order valence-corrected chi connectivity index (χ2v) is 6.06. The Bertz CT molecular complexity index is 648. The van der Waals surface area contributed by atoms with E-state index in [4.69, 9.17) is 21.1 Å². The predicted molar refractivity (Wildman–Crippen MR) is 86.4 cm³/mol. The molecule has 0 bridgehead atoms. The van der Waals surface area contributed by atoms with Crippen LogP contribution in [0.4, 0.5) is 0 Å². The molecule has 3 atom stereocenters. The number of carboxylic acids is 3. The van der Waals surface area contributed by atoms with Crippen LogP contribution in [0.2, 0.25) is 0 Å². The maximum Gasteiger partial charge on any atom is 0.327 e. The molecule has 0 radical (unpaired) electrons. The molecule has 0 spiro atoms. The number of nitrogens with one attached hydrogen (secondary N) is 1. The molecule has 12 nitrogen and oxygen atoms in total. The van der Waals surface area contributed by atoms with Crippen LogP contribution < -0.4 is 11.1 Å². The molecule has 0 aromatic heterocycles. The van der Waals surface area contributed by atoms with E-state index in [0.29, 0.717) is 0 Å². The van der Waals surface area contributed by atoms with Gasteiger partial charge in [0.1, 0.15) is 6.04 Å². The van der Waals surface area contributed by atoms with Gasteiger partial charge in [-0.25, -0.2) is 4.79 Å². The van der Waals surface area contributed by atoms with Crippen LogP contribution in [-0.2, 0) is 28.8 Å². The van der Waals surface area contributed by atoms with Crippen LogP contribution in [0.15, 0.2) is 0 Å². The van der Waals surface area contributed by atoms with Gasteiger partial charge in [0.2, 0.25) is 11.8 Å². The van der Waals surface area contributed by atoms with Gasteiger partial charge in [0.25, 0.3) is 0 Å². The highest BCUT2D eigenvalue weighted by molar-refractivity contribution is 5.97. The number of hydrogen-bond donors (Lipinski definition) is 5. The lowest BCUT2D eigenvalue weighted by atomic mass is 9.94. The zero-order valence-corrected chi connectivity index (χ0v) is 14.3. The molecule has 1 fully saturated rings. The Morgan fingerprint density at radius 3 is 2.26 bits per heavy atom. The summed E-state index contributed by atoms with van der Waals surface area (Å²) in [5, 5.41) is 29.0. The van der Waals surface area contributed by atoms with Crippen molar-refractivity contribution < 1.29 is 44.1 Å². The first-order valence-corrected chi connectivity index (χ1v) is 8.05. The van der Waals surface area contributed by atoms with Crippen molar-refractivity contribution in [2.45, 2.75) is 37.8 Å². The first kappa shape index (κ1) is 22.0.